The van der Waals surface area contributed by atoms with E-state index in [-0.39, 0.29) is 11.7 Å². The summed E-state index contributed by atoms with van der Waals surface area (Å²) in [6, 6.07) is 4.74. The Bertz CT molecular complexity index is 594. The number of nitro groups is 1. The average molecular weight is 264 g/mol. The smallest absolute Gasteiger partial charge is 0.272 e. The van der Waals surface area contributed by atoms with Crippen LogP contribution in [0, 0.1) is 17.0 Å². The number of benzene rings is 1. The van der Waals surface area contributed by atoms with E-state index in [1.807, 2.05) is 6.92 Å². The minimum atomic E-state index is -0.396. The topological polar surface area (TPSA) is 94.9 Å². The van der Waals surface area contributed by atoms with E-state index < -0.39 is 4.92 Å². The first-order chi connectivity index (χ1) is 8.49. The Morgan fingerprint density at radius 2 is 2.17 bits per heavy atom. The van der Waals surface area contributed by atoms with Crippen molar-refractivity contribution < 1.29 is 4.92 Å². The van der Waals surface area contributed by atoms with Crippen molar-refractivity contribution >= 4 is 17.0 Å². The highest BCUT2D eigenvalue weighted by atomic mass is 32.1. The fourth-order valence-corrected chi connectivity index (χ4v) is 2.32. The van der Waals surface area contributed by atoms with Gasteiger partial charge in [0.1, 0.15) is 10.0 Å². The molecule has 0 saturated carbocycles. The molecule has 1 aromatic carbocycles. The summed E-state index contributed by atoms with van der Waals surface area (Å²) in [5, 5.41) is 20.2. The van der Waals surface area contributed by atoms with Crippen molar-refractivity contribution in [3.8, 4) is 10.6 Å². The van der Waals surface area contributed by atoms with Gasteiger partial charge in [-0.15, -0.1) is 10.2 Å². The second kappa shape index (κ2) is 4.79. The fourth-order valence-electron chi connectivity index (χ4n) is 1.53. The van der Waals surface area contributed by atoms with E-state index in [0.717, 1.165) is 15.6 Å². The highest BCUT2D eigenvalue weighted by Crippen LogP contribution is 2.29. The van der Waals surface area contributed by atoms with Crippen molar-refractivity contribution in [3.05, 3.63) is 38.9 Å². The van der Waals surface area contributed by atoms with Crippen LogP contribution in [-0.4, -0.2) is 15.1 Å². The molecule has 0 amide bonds. The summed E-state index contributed by atoms with van der Waals surface area (Å²) in [7, 11) is 0. The molecule has 6 nitrogen and oxygen atoms in total. The van der Waals surface area contributed by atoms with Gasteiger partial charge in [-0.05, 0) is 26.0 Å². The van der Waals surface area contributed by atoms with E-state index >= 15 is 0 Å². The molecular formula is C11H12N4O2S. The molecular weight excluding hydrogens is 252 g/mol. The van der Waals surface area contributed by atoms with Gasteiger partial charge in [-0.2, -0.15) is 0 Å². The quantitative estimate of drug-likeness (QED) is 0.678. The summed E-state index contributed by atoms with van der Waals surface area (Å²) in [4.78, 5) is 10.3. The number of aromatic nitrogens is 2. The van der Waals surface area contributed by atoms with Crippen LogP contribution < -0.4 is 5.73 Å². The van der Waals surface area contributed by atoms with E-state index in [9.17, 15) is 10.1 Å². The molecule has 0 radical (unpaired) electrons. The molecule has 1 heterocycles. The van der Waals surface area contributed by atoms with Crippen LogP contribution in [0.1, 0.15) is 23.5 Å². The Hall–Kier alpha value is -1.86. The SMILES string of the molecule is Cc1cc(-c2nnc(C(C)N)s2)ccc1[N+](=O)[O-]. The summed E-state index contributed by atoms with van der Waals surface area (Å²) in [6.45, 7) is 3.54. The van der Waals surface area contributed by atoms with E-state index in [1.54, 1.807) is 19.1 Å². The minimum absolute atomic E-state index is 0.107. The first-order valence-corrected chi connectivity index (χ1v) is 6.15. The zero-order valence-corrected chi connectivity index (χ0v) is 10.8. The van der Waals surface area contributed by atoms with Gasteiger partial charge < -0.3 is 5.73 Å². The number of hydrogen-bond donors (Lipinski definition) is 1. The molecule has 1 unspecified atom stereocenters. The molecule has 0 fully saturated rings. The molecule has 0 spiro atoms. The number of rotatable bonds is 3. The van der Waals surface area contributed by atoms with Crippen LogP contribution in [0.25, 0.3) is 10.6 Å². The highest BCUT2D eigenvalue weighted by molar-refractivity contribution is 7.14. The van der Waals surface area contributed by atoms with Gasteiger partial charge in [0.15, 0.2) is 0 Å². The van der Waals surface area contributed by atoms with E-state index in [2.05, 4.69) is 10.2 Å². The molecule has 0 aliphatic carbocycles. The van der Waals surface area contributed by atoms with Crippen LogP contribution in [-0.2, 0) is 0 Å². The highest BCUT2D eigenvalue weighted by Gasteiger charge is 2.14. The standard InChI is InChI=1S/C11H12N4O2S/c1-6-5-8(3-4-9(6)15(16)17)11-14-13-10(18-11)7(2)12/h3-5,7H,12H2,1-2H3. The second-order valence-electron chi connectivity index (χ2n) is 3.99. The normalized spacial score (nSPS) is 12.4. The van der Waals surface area contributed by atoms with Gasteiger partial charge >= 0.3 is 0 Å². The van der Waals surface area contributed by atoms with Crippen LogP contribution in [0.15, 0.2) is 18.2 Å². The van der Waals surface area contributed by atoms with Gasteiger partial charge in [-0.3, -0.25) is 10.1 Å². The van der Waals surface area contributed by atoms with Crippen molar-refractivity contribution in [2.24, 2.45) is 5.73 Å². The molecule has 94 valence electrons. The van der Waals surface area contributed by atoms with Gasteiger partial charge in [0.2, 0.25) is 0 Å². The van der Waals surface area contributed by atoms with Crippen molar-refractivity contribution in [1.82, 2.24) is 10.2 Å². The monoisotopic (exact) mass is 264 g/mol. The first kappa shape index (κ1) is 12.6. The van der Waals surface area contributed by atoms with Crippen LogP contribution in [0.5, 0.6) is 0 Å². The van der Waals surface area contributed by atoms with E-state index in [0.29, 0.717) is 5.56 Å². The predicted molar refractivity (Wildman–Crippen MR) is 69.3 cm³/mol. The number of nitrogens with zero attached hydrogens (tertiary/aromatic N) is 3. The van der Waals surface area contributed by atoms with Crippen LogP contribution in [0.2, 0.25) is 0 Å². The Balaban J connectivity index is 2.39. The van der Waals surface area contributed by atoms with Gasteiger partial charge in [-0.1, -0.05) is 11.3 Å². The number of nitro benzene ring substituents is 1. The predicted octanol–water partition coefficient (Wildman–Crippen LogP) is 2.44. The molecule has 0 saturated heterocycles. The second-order valence-corrected chi connectivity index (χ2v) is 5.00. The summed E-state index contributed by atoms with van der Waals surface area (Å²) in [5.74, 6) is 0. The van der Waals surface area contributed by atoms with Gasteiger partial charge in [0.25, 0.3) is 5.69 Å². The summed E-state index contributed by atoms with van der Waals surface area (Å²) in [6.07, 6.45) is 0. The molecule has 2 aromatic rings. The zero-order valence-electron chi connectivity index (χ0n) is 9.95. The van der Waals surface area contributed by atoms with Crippen molar-refractivity contribution in [2.45, 2.75) is 19.9 Å². The largest absolute Gasteiger partial charge is 0.322 e. The summed E-state index contributed by atoms with van der Waals surface area (Å²) < 4.78 is 0. The Morgan fingerprint density at radius 1 is 1.44 bits per heavy atom. The molecule has 0 aliphatic heterocycles. The Labute approximate surface area is 108 Å². The third-order valence-corrected chi connectivity index (χ3v) is 3.64. The summed E-state index contributed by atoms with van der Waals surface area (Å²) >= 11 is 1.40. The molecule has 0 bridgehead atoms. The lowest BCUT2D eigenvalue weighted by atomic mass is 10.1. The summed E-state index contributed by atoms with van der Waals surface area (Å²) in [5.41, 5.74) is 7.25. The maximum Gasteiger partial charge on any atom is 0.272 e. The average Bonchev–Trinajstić information content (AvgIpc) is 2.77. The molecule has 1 atom stereocenters. The van der Waals surface area contributed by atoms with Crippen LogP contribution >= 0.6 is 11.3 Å². The van der Waals surface area contributed by atoms with Gasteiger partial charge in [0, 0.05) is 17.2 Å². The molecule has 7 heteroatoms. The molecule has 2 rings (SSSR count). The van der Waals surface area contributed by atoms with Crippen molar-refractivity contribution in [2.75, 3.05) is 0 Å². The third kappa shape index (κ3) is 2.36. The molecule has 18 heavy (non-hydrogen) atoms. The first-order valence-electron chi connectivity index (χ1n) is 5.33. The van der Waals surface area contributed by atoms with Crippen molar-refractivity contribution in [3.63, 3.8) is 0 Å². The molecule has 1 aromatic heterocycles. The Kier molecular flexibility index (Phi) is 3.35. The maximum atomic E-state index is 10.7. The van der Waals surface area contributed by atoms with E-state index in [4.69, 9.17) is 5.73 Å². The van der Waals surface area contributed by atoms with Gasteiger partial charge in [0.05, 0.1) is 11.0 Å². The lowest BCUT2D eigenvalue weighted by Gasteiger charge is -1.99. The third-order valence-electron chi connectivity index (χ3n) is 2.47. The maximum absolute atomic E-state index is 10.7. The van der Waals surface area contributed by atoms with Gasteiger partial charge in [-0.25, -0.2) is 0 Å². The number of aryl methyl sites for hydroxylation is 1. The van der Waals surface area contributed by atoms with E-state index in [1.165, 1.54) is 17.4 Å². The lowest BCUT2D eigenvalue weighted by Crippen LogP contribution is -2.03. The molecule has 0 aliphatic rings. The lowest BCUT2D eigenvalue weighted by molar-refractivity contribution is -0.385. The Morgan fingerprint density at radius 3 is 2.67 bits per heavy atom. The zero-order chi connectivity index (χ0) is 13.3. The van der Waals surface area contributed by atoms with Crippen LogP contribution in [0.3, 0.4) is 0 Å². The number of hydrogen-bond acceptors (Lipinski definition) is 6. The minimum Gasteiger partial charge on any atom is -0.322 e. The van der Waals surface area contributed by atoms with Crippen molar-refractivity contribution in [1.29, 1.82) is 0 Å². The molecule has 2 N–H and O–H groups in total. The fraction of sp³-hybridized carbons (Fsp3) is 0.273. The van der Waals surface area contributed by atoms with Crippen LogP contribution in [0.4, 0.5) is 5.69 Å². The number of nitrogens with two attached hydrogens (primary N) is 1.